The molecule has 5 nitrogen and oxygen atoms in total. The fraction of sp³-hybridized carbons (Fsp3) is 0. The lowest BCUT2D eigenvalue weighted by atomic mass is 10.2. The number of nitrogens with one attached hydrogen (secondary N) is 1. The smallest absolute Gasteiger partial charge is 0.257 e. The quantitative estimate of drug-likeness (QED) is 0.392. The SMILES string of the molecule is O=C(Nc1ccc2oc(-c3cncc(Br)c3)nc2c1)c1cccc(Cl)c1Cl. The molecule has 8 heteroatoms. The summed E-state index contributed by atoms with van der Waals surface area (Å²) < 4.78 is 6.59. The van der Waals surface area contributed by atoms with Gasteiger partial charge in [-0.1, -0.05) is 29.3 Å². The summed E-state index contributed by atoms with van der Waals surface area (Å²) in [7, 11) is 0. The van der Waals surface area contributed by atoms with Crippen LogP contribution in [0.25, 0.3) is 22.6 Å². The van der Waals surface area contributed by atoms with Gasteiger partial charge in [0.1, 0.15) is 5.52 Å². The first-order valence-electron chi connectivity index (χ1n) is 7.78. The molecular formula is C19H10BrCl2N3O2. The minimum absolute atomic E-state index is 0.212. The predicted molar refractivity (Wildman–Crippen MR) is 109 cm³/mol. The topological polar surface area (TPSA) is 68.0 Å². The van der Waals surface area contributed by atoms with Gasteiger partial charge in [0.05, 0.1) is 21.2 Å². The summed E-state index contributed by atoms with van der Waals surface area (Å²) >= 11 is 15.4. The highest BCUT2D eigenvalue weighted by Gasteiger charge is 2.14. The summed E-state index contributed by atoms with van der Waals surface area (Å²) in [6.45, 7) is 0. The Balaban J connectivity index is 1.64. The van der Waals surface area contributed by atoms with E-state index in [1.54, 1.807) is 48.8 Å². The molecule has 0 atom stereocenters. The maximum absolute atomic E-state index is 12.5. The van der Waals surface area contributed by atoms with Gasteiger partial charge in [-0.3, -0.25) is 9.78 Å². The molecule has 2 aromatic heterocycles. The molecule has 1 amide bonds. The number of halogens is 3. The minimum atomic E-state index is -0.359. The van der Waals surface area contributed by atoms with Crippen molar-refractivity contribution in [1.29, 1.82) is 0 Å². The Hall–Kier alpha value is -2.41. The zero-order valence-corrected chi connectivity index (χ0v) is 16.6. The lowest BCUT2D eigenvalue weighted by Crippen LogP contribution is -2.12. The molecule has 0 aliphatic carbocycles. The van der Waals surface area contributed by atoms with Gasteiger partial charge in [-0.15, -0.1) is 0 Å². The fourth-order valence-corrected chi connectivity index (χ4v) is 3.29. The number of benzene rings is 2. The number of hydrogen-bond donors (Lipinski definition) is 1. The van der Waals surface area contributed by atoms with Crippen LogP contribution in [0.1, 0.15) is 10.4 Å². The van der Waals surface area contributed by atoms with E-state index in [4.69, 9.17) is 27.6 Å². The molecule has 0 saturated carbocycles. The summed E-state index contributed by atoms with van der Waals surface area (Å²) in [5, 5.41) is 3.33. The van der Waals surface area contributed by atoms with Crippen LogP contribution >= 0.6 is 39.1 Å². The molecule has 0 aliphatic rings. The lowest BCUT2D eigenvalue weighted by Gasteiger charge is -2.07. The van der Waals surface area contributed by atoms with Crippen molar-refractivity contribution < 1.29 is 9.21 Å². The number of pyridine rings is 1. The number of oxazole rings is 1. The van der Waals surface area contributed by atoms with Crippen LogP contribution in [0.3, 0.4) is 0 Å². The van der Waals surface area contributed by atoms with Gasteiger partial charge in [0.15, 0.2) is 5.58 Å². The number of aromatic nitrogens is 2. The summed E-state index contributed by atoms with van der Waals surface area (Å²) in [5.41, 5.74) is 2.82. The Morgan fingerprint density at radius 1 is 1.11 bits per heavy atom. The number of anilines is 1. The average Bonchev–Trinajstić information content (AvgIpc) is 3.07. The second-order valence-corrected chi connectivity index (χ2v) is 7.35. The van der Waals surface area contributed by atoms with Gasteiger partial charge in [0.25, 0.3) is 5.91 Å². The number of rotatable bonds is 3. The first-order chi connectivity index (χ1) is 13.0. The third-order valence-corrected chi connectivity index (χ3v) is 5.05. The maximum Gasteiger partial charge on any atom is 0.257 e. The summed E-state index contributed by atoms with van der Waals surface area (Å²) in [5.74, 6) is 0.0851. The summed E-state index contributed by atoms with van der Waals surface area (Å²) in [6.07, 6.45) is 3.35. The van der Waals surface area contributed by atoms with Gasteiger partial charge in [-0.2, -0.15) is 0 Å². The Bertz CT molecular complexity index is 1180. The molecule has 1 N–H and O–H groups in total. The van der Waals surface area contributed by atoms with Crippen molar-refractivity contribution >= 4 is 61.8 Å². The van der Waals surface area contributed by atoms with E-state index in [9.17, 15) is 4.79 Å². The number of carbonyl (C=O) groups excluding carboxylic acids is 1. The van der Waals surface area contributed by atoms with Gasteiger partial charge in [0, 0.05) is 22.6 Å². The van der Waals surface area contributed by atoms with Gasteiger partial charge >= 0.3 is 0 Å². The molecule has 0 saturated heterocycles. The fourth-order valence-electron chi connectivity index (χ4n) is 2.54. The minimum Gasteiger partial charge on any atom is -0.436 e. The molecule has 2 heterocycles. The standard InChI is InChI=1S/C19H10BrCl2N3O2/c20-11-6-10(8-23-9-11)19-25-15-7-12(4-5-16(15)27-19)24-18(26)13-2-1-3-14(21)17(13)22/h1-9H,(H,24,26). The van der Waals surface area contributed by atoms with E-state index in [1.165, 1.54) is 0 Å². The van der Waals surface area contributed by atoms with Crippen LogP contribution in [0.5, 0.6) is 0 Å². The third kappa shape index (κ3) is 3.69. The van der Waals surface area contributed by atoms with Gasteiger partial charge in [0.2, 0.25) is 5.89 Å². The van der Waals surface area contributed by atoms with Crippen LogP contribution in [0, 0.1) is 0 Å². The number of carbonyl (C=O) groups is 1. The maximum atomic E-state index is 12.5. The van der Waals surface area contributed by atoms with Crippen molar-refractivity contribution in [2.45, 2.75) is 0 Å². The normalized spacial score (nSPS) is 10.9. The van der Waals surface area contributed by atoms with E-state index >= 15 is 0 Å². The van der Waals surface area contributed by atoms with Crippen molar-refractivity contribution in [1.82, 2.24) is 9.97 Å². The molecule has 0 bridgehead atoms. The Morgan fingerprint density at radius 3 is 2.78 bits per heavy atom. The molecule has 0 fully saturated rings. The number of hydrogen-bond acceptors (Lipinski definition) is 4. The lowest BCUT2D eigenvalue weighted by molar-refractivity contribution is 0.102. The van der Waals surface area contributed by atoms with E-state index in [0.717, 1.165) is 10.0 Å². The van der Waals surface area contributed by atoms with Crippen molar-refractivity contribution in [2.24, 2.45) is 0 Å². The molecule has 0 unspecified atom stereocenters. The van der Waals surface area contributed by atoms with Crippen molar-refractivity contribution in [3.05, 3.63) is 74.9 Å². The van der Waals surface area contributed by atoms with Crippen molar-refractivity contribution in [2.75, 3.05) is 5.32 Å². The van der Waals surface area contributed by atoms with Crippen LogP contribution in [-0.2, 0) is 0 Å². The highest BCUT2D eigenvalue weighted by molar-refractivity contribution is 9.10. The molecular weight excluding hydrogens is 453 g/mol. The summed E-state index contributed by atoms with van der Waals surface area (Å²) in [4.78, 5) is 21.1. The largest absolute Gasteiger partial charge is 0.436 e. The van der Waals surface area contributed by atoms with Crippen LogP contribution < -0.4 is 5.32 Å². The molecule has 4 rings (SSSR count). The molecule has 0 spiro atoms. The van der Waals surface area contributed by atoms with Crippen LogP contribution in [0.15, 0.2) is 63.7 Å². The Morgan fingerprint density at radius 2 is 1.96 bits per heavy atom. The Kier molecular flexibility index (Phi) is 4.86. The van der Waals surface area contributed by atoms with Crippen LogP contribution in [0.4, 0.5) is 5.69 Å². The third-order valence-electron chi connectivity index (χ3n) is 3.79. The molecule has 4 aromatic rings. The zero-order chi connectivity index (χ0) is 19.0. The van der Waals surface area contributed by atoms with Crippen molar-refractivity contribution in [3.63, 3.8) is 0 Å². The number of fused-ring (bicyclic) bond motifs is 1. The van der Waals surface area contributed by atoms with Gasteiger partial charge in [-0.25, -0.2) is 4.98 Å². The van der Waals surface area contributed by atoms with Gasteiger partial charge in [-0.05, 0) is 52.3 Å². The first-order valence-corrected chi connectivity index (χ1v) is 9.33. The second kappa shape index (κ2) is 7.31. The zero-order valence-electron chi connectivity index (χ0n) is 13.5. The highest BCUT2D eigenvalue weighted by Crippen LogP contribution is 2.29. The second-order valence-electron chi connectivity index (χ2n) is 5.65. The first kappa shape index (κ1) is 18.0. The highest BCUT2D eigenvalue weighted by atomic mass is 79.9. The Labute approximate surface area is 172 Å². The van der Waals surface area contributed by atoms with E-state index in [0.29, 0.717) is 33.3 Å². The molecule has 0 aliphatic heterocycles. The molecule has 134 valence electrons. The van der Waals surface area contributed by atoms with E-state index in [2.05, 4.69) is 31.2 Å². The average molecular weight is 463 g/mol. The van der Waals surface area contributed by atoms with Crippen LogP contribution in [0.2, 0.25) is 10.0 Å². The van der Waals surface area contributed by atoms with E-state index < -0.39 is 0 Å². The van der Waals surface area contributed by atoms with Crippen LogP contribution in [-0.4, -0.2) is 15.9 Å². The van der Waals surface area contributed by atoms with Crippen molar-refractivity contribution in [3.8, 4) is 11.5 Å². The predicted octanol–water partition coefficient (Wildman–Crippen LogP) is 6.21. The van der Waals surface area contributed by atoms with E-state index in [-0.39, 0.29) is 10.9 Å². The number of nitrogens with zero attached hydrogens (tertiary/aromatic N) is 2. The summed E-state index contributed by atoms with van der Waals surface area (Å²) in [6, 6.07) is 12.0. The molecule has 2 aromatic carbocycles. The molecule has 0 radical (unpaired) electrons. The number of amides is 1. The van der Waals surface area contributed by atoms with Gasteiger partial charge < -0.3 is 9.73 Å². The monoisotopic (exact) mass is 461 g/mol. The van der Waals surface area contributed by atoms with E-state index in [1.807, 2.05) is 6.07 Å². The molecule has 27 heavy (non-hydrogen) atoms.